The number of carbonyl (C=O) groups excluding carboxylic acids is 2. The monoisotopic (exact) mass is 445 g/mol. The molecule has 0 radical (unpaired) electrons. The maximum Gasteiger partial charge on any atom is 0.419 e. The third-order valence-electron chi connectivity index (χ3n) is 3.97. The van der Waals surface area contributed by atoms with Crippen molar-refractivity contribution >= 4 is 51.7 Å². The van der Waals surface area contributed by atoms with Crippen LogP contribution in [0.3, 0.4) is 0 Å². The van der Waals surface area contributed by atoms with E-state index in [9.17, 15) is 9.59 Å². The molecule has 1 aromatic carbocycles. The second-order valence-corrected chi connectivity index (χ2v) is 8.67. The Morgan fingerprint density at radius 3 is 2.70 bits per heavy atom. The van der Waals surface area contributed by atoms with Crippen molar-refractivity contribution < 1.29 is 18.8 Å². The molecular formula is C19H16ClN5O4S. The Hall–Kier alpha value is -3.24. The summed E-state index contributed by atoms with van der Waals surface area (Å²) in [6.07, 6.45) is 0.834. The van der Waals surface area contributed by atoms with Crippen molar-refractivity contribution in [2.45, 2.75) is 26.4 Å². The molecule has 154 valence electrons. The molecule has 0 aliphatic carbocycles. The van der Waals surface area contributed by atoms with E-state index in [1.165, 1.54) is 10.8 Å². The largest absolute Gasteiger partial charge is 0.443 e. The molecule has 11 heteroatoms. The van der Waals surface area contributed by atoms with Crippen molar-refractivity contribution in [3.63, 3.8) is 0 Å². The Balaban J connectivity index is 1.77. The quantitative estimate of drug-likeness (QED) is 0.460. The Morgan fingerprint density at radius 1 is 1.27 bits per heavy atom. The van der Waals surface area contributed by atoms with Crippen LogP contribution in [0.4, 0.5) is 10.8 Å². The van der Waals surface area contributed by atoms with Gasteiger partial charge < -0.3 is 15.0 Å². The smallest absolute Gasteiger partial charge is 0.419 e. The number of carbonyl (C=O) groups is 2. The van der Waals surface area contributed by atoms with Crippen LogP contribution in [0.15, 0.2) is 34.3 Å². The fourth-order valence-corrected chi connectivity index (χ4v) is 3.70. The van der Waals surface area contributed by atoms with E-state index < -0.39 is 11.7 Å². The molecule has 0 atom stereocenters. The van der Waals surface area contributed by atoms with E-state index in [0.29, 0.717) is 21.6 Å². The molecule has 2 N–H and O–H groups in total. The molecule has 3 aromatic heterocycles. The van der Waals surface area contributed by atoms with Gasteiger partial charge in [0.1, 0.15) is 11.3 Å². The summed E-state index contributed by atoms with van der Waals surface area (Å²) >= 11 is 7.25. The maximum atomic E-state index is 13.2. The van der Waals surface area contributed by atoms with Crippen LogP contribution in [0, 0.1) is 0 Å². The topological polar surface area (TPSA) is 126 Å². The fourth-order valence-electron chi connectivity index (χ4n) is 2.78. The fraction of sp³-hybridized carbons (Fsp3) is 0.211. The lowest BCUT2D eigenvalue weighted by Crippen LogP contribution is -2.26. The lowest BCUT2D eigenvalue weighted by molar-refractivity contribution is 0.0544. The number of hydrogen-bond acceptors (Lipinski definition) is 9. The highest BCUT2D eigenvalue weighted by molar-refractivity contribution is 7.12. The van der Waals surface area contributed by atoms with Crippen LogP contribution in [0.1, 0.15) is 36.1 Å². The van der Waals surface area contributed by atoms with Crippen LogP contribution in [0.2, 0.25) is 5.02 Å². The molecular weight excluding hydrogens is 430 g/mol. The number of fused-ring (bicyclic) bond motifs is 1. The molecule has 0 spiro atoms. The van der Waals surface area contributed by atoms with Crippen LogP contribution in [0.25, 0.3) is 22.4 Å². The van der Waals surface area contributed by atoms with Gasteiger partial charge in [0.15, 0.2) is 5.01 Å². The predicted octanol–water partition coefficient (Wildman–Crippen LogP) is 4.40. The molecule has 0 saturated carbocycles. The van der Waals surface area contributed by atoms with Crippen LogP contribution < -0.4 is 5.73 Å². The van der Waals surface area contributed by atoms with Crippen molar-refractivity contribution in [2.75, 3.05) is 5.73 Å². The zero-order valence-corrected chi connectivity index (χ0v) is 17.7. The van der Waals surface area contributed by atoms with E-state index in [-0.39, 0.29) is 28.2 Å². The number of nitrogen functional groups attached to an aromatic ring is 1. The van der Waals surface area contributed by atoms with Gasteiger partial charge in [-0.25, -0.2) is 9.78 Å². The summed E-state index contributed by atoms with van der Waals surface area (Å²) in [6, 6.07) is 4.83. The van der Waals surface area contributed by atoms with E-state index in [0.717, 1.165) is 11.3 Å². The van der Waals surface area contributed by atoms with Crippen molar-refractivity contribution in [1.29, 1.82) is 0 Å². The van der Waals surface area contributed by atoms with Gasteiger partial charge in [-0.1, -0.05) is 16.8 Å². The van der Waals surface area contributed by atoms with Gasteiger partial charge in [-0.05, 0) is 39.0 Å². The van der Waals surface area contributed by atoms with Crippen LogP contribution >= 0.6 is 22.9 Å². The molecule has 4 rings (SSSR count). The molecule has 0 bridgehead atoms. The van der Waals surface area contributed by atoms with E-state index in [1.807, 2.05) is 0 Å². The van der Waals surface area contributed by atoms with E-state index >= 15 is 0 Å². The number of nitrogens with zero attached hydrogens (tertiary/aromatic N) is 4. The van der Waals surface area contributed by atoms with Crippen molar-refractivity contribution in [3.8, 4) is 11.5 Å². The molecule has 0 aliphatic heterocycles. The maximum absolute atomic E-state index is 13.2. The summed E-state index contributed by atoms with van der Waals surface area (Å²) in [4.78, 5) is 34.0. The first kappa shape index (κ1) is 20.0. The molecule has 9 nitrogen and oxygen atoms in total. The van der Waals surface area contributed by atoms with Gasteiger partial charge in [0.05, 0.1) is 11.1 Å². The Bertz CT molecular complexity index is 1280. The molecule has 0 aliphatic rings. The molecule has 0 fully saturated rings. The summed E-state index contributed by atoms with van der Waals surface area (Å²) in [5, 5.41) is 6.45. The summed E-state index contributed by atoms with van der Waals surface area (Å²) in [5.41, 5.74) is 5.87. The normalized spacial score (nSPS) is 11.7. The van der Waals surface area contributed by atoms with E-state index in [2.05, 4.69) is 15.1 Å². The molecule has 0 amide bonds. The lowest BCUT2D eigenvalue weighted by Gasteiger charge is -2.19. The molecule has 0 saturated heterocycles. The number of rotatable bonds is 3. The van der Waals surface area contributed by atoms with Gasteiger partial charge in [0.2, 0.25) is 11.6 Å². The third-order valence-corrected chi connectivity index (χ3v) is 5.05. The van der Waals surface area contributed by atoms with Crippen molar-refractivity contribution in [3.05, 3.63) is 45.4 Å². The number of thiazole rings is 1. The Labute approximate surface area is 179 Å². The second-order valence-electron chi connectivity index (χ2n) is 7.38. The second kappa shape index (κ2) is 7.22. The van der Waals surface area contributed by atoms with Crippen LogP contribution in [0.5, 0.6) is 0 Å². The molecule has 30 heavy (non-hydrogen) atoms. The predicted molar refractivity (Wildman–Crippen MR) is 112 cm³/mol. The zero-order chi connectivity index (χ0) is 21.6. The summed E-state index contributed by atoms with van der Waals surface area (Å²) in [7, 11) is 0. The van der Waals surface area contributed by atoms with Crippen LogP contribution in [-0.4, -0.2) is 37.2 Å². The minimum absolute atomic E-state index is 0.0963. The molecule has 3 heterocycles. The Kier molecular flexibility index (Phi) is 4.83. The standard InChI is InChI=1S/C19H16ClN5O4S/c1-19(2,3)28-18(27)25-7-11(10-6-9(20)4-5-13(10)25)14(26)16-22-12(8-30-16)15-23-17(21)29-24-15/h4-8H,1-3H3,(H2,21,23,24). The van der Waals surface area contributed by atoms with Gasteiger partial charge >= 0.3 is 12.1 Å². The molecule has 0 unspecified atom stereocenters. The van der Waals surface area contributed by atoms with Gasteiger partial charge in [0, 0.05) is 22.0 Å². The number of benzene rings is 1. The Morgan fingerprint density at radius 2 is 2.03 bits per heavy atom. The summed E-state index contributed by atoms with van der Waals surface area (Å²) in [5.74, 6) is -0.195. The first-order valence-corrected chi connectivity index (χ1v) is 10.0. The highest BCUT2D eigenvalue weighted by Gasteiger charge is 2.25. The van der Waals surface area contributed by atoms with Crippen LogP contribution in [-0.2, 0) is 4.74 Å². The molecule has 4 aromatic rings. The first-order chi connectivity index (χ1) is 14.1. The average Bonchev–Trinajstić information content (AvgIpc) is 3.37. The highest BCUT2D eigenvalue weighted by Crippen LogP contribution is 2.29. The van der Waals surface area contributed by atoms with Gasteiger partial charge in [-0.15, -0.1) is 11.3 Å². The van der Waals surface area contributed by atoms with Crippen molar-refractivity contribution in [2.24, 2.45) is 0 Å². The third kappa shape index (κ3) is 3.79. The van der Waals surface area contributed by atoms with Gasteiger partial charge in [-0.2, -0.15) is 4.98 Å². The van der Waals surface area contributed by atoms with E-state index in [1.54, 1.807) is 44.4 Å². The van der Waals surface area contributed by atoms with Gasteiger partial charge in [0.25, 0.3) is 0 Å². The zero-order valence-electron chi connectivity index (χ0n) is 16.2. The number of aromatic nitrogens is 4. The SMILES string of the molecule is CC(C)(C)OC(=O)n1cc(C(=O)c2nc(-c3noc(N)n3)cs2)c2cc(Cl)ccc21. The minimum Gasteiger partial charge on any atom is -0.443 e. The number of ketones is 1. The van der Waals surface area contributed by atoms with E-state index in [4.69, 9.17) is 26.6 Å². The number of ether oxygens (including phenoxy) is 1. The van der Waals surface area contributed by atoms with Gasteiger partial charge in [-0.3, -0.25) is 9.36 Å². The number of halogens is 1. The van der Waals surface area contributed by atoms with Crippen molar-refractivity contribution in [1.82, 2.24) is 19.7 Å². The lowest BCUT2D eigenvalue weighted by atomic mass is 10.1. The summed E-state index contributed by atoms with van der Waals surface area (Å²) in [6.45, 7) is 5.30. The number of hydrogen-bond donors (Lipinski definition) is 1. The number of nitrogens with two attached hydrogens (primary N) is 1. The average molecular weight is 446 g/mol. The highest BCUT2D eigenvalue weighted by atomic mass is 35.5. The minimum atomic E-state index is -0.694. The summed E-state index contributed by atoms with van der Waals surface area (Å²) < 4.78 is 11.5. The number of anilines is 1. The first-order valence-electron chi connectivity index (χ1n) is 8.76.